The van der Waals surface area contributed by atoms with Crippen molar-refractivity contribution in [2.24, 2.45) is 7.05 Å². The maximum absolute atomic E-state index is 6.13. The average molecular weight is 300 g/mol. The zero-order valence-electron chi connectivity index (χ0n) is 12.0. The van der Waals surface area contributed by atoms with E-state index in [1.54, 1.807) is 23.1 Å². The second-order valence-corrected chi connectivity index (χ2v) is 5.37. The van der Waals surface area contributed by atoms with Gasteiger partial charge in [-0.1, -0.05) is 17.7 Å². The largest absolute Gasteiger partial charge is 0.275 e. The molecule has 0 aliphatic heterocycles. The quantitative estimate of drug-likeness (QED) is 0.682. The van der Waals surface area contributed by atoms with E-state index >= 15 is 0 Å². The summed E-state index contributed by atoms with van der Waals surface area (Å²) in [5.74, 6) is 0.527. The molecule has 0 fully saturated rings. The van der Waals surface area contributed by atoms with E-state index in [1.807, 2.05) is 27.1 Å². The van der Waals surface area contributed by atoms with Gasteiger partial charge in [0.15, 0.2) is 5.82 Å². The van der Waals surface area contributed by atoms with Crippen molar-refractivity contribution in [1.29, 1.82) is 0 Å². The van der Waals surface area contributed by atoms with Gasteiger partial charge in [0.2, 0.25) is 0 Å². The first-order valence-electron chi connectivity index (χ1n) is 6.50. The van der Waals surface area contributed by atoms with Crippen LogP contribution in [0.5, 0.6) is 0 Å². The zero-order valence-corrected chi connectivity index (χ0v) is 12.8. The van der Waals surface area contributed by atoms with E-state index in [1.165, 1.54) is 0 Å². The summed E-state index contributed by atoms with van der Waals surface area (Å²) in [6.45, 7) is 3.99. The summed E-state index contributed by atoms with van der Waals surface area (Å²) in [7, 11) is 1.86. The van der Waals surface area contributed by atoms with Crippen molar-refractivity contribution in [2.75, 3.05) is 0 Å². The monoisotopic (exact) mass is 299 g/mol. The van der Waals surface area contributed by atoms with Crippen LogP contribution in [0.4, 0.5) is 0 Å². The first-order chi connectivity index (χ1) is 10.0. The van der Waals surface area contributed by atoms with E-state index in [9.17, 15) is 0 Å². The molecule has 0 aliphatic carbocycles. The Balaban J connectivity index is 2.13. The summed E-state index contributed by atoms with van der Waals surface area (Å²) in [6.07, 6.45) is 5.44. The normalized spacial score (nSPS) is 10.9. The molecule has 0 amide bonds. The topological polar surface area (TPSA) is 56.5 Å². The fourth-order valence-electron chi connectivity index (χ4n) is 2.17. The number of aromatic nitrogens is 5. The van der Waals surface area contributed by atoms with Gasteiger partial charge in [0.25, 0.3) is 0 Å². The van der Waals surface area contributed by atoms with Crippen LogP contribution in [0.25, 0.3) is 22.8 Å². The number of aryl methyl sites for hydroxylation is 3. The van der Waals surface area contributed by atoms with Gasteiger partial charge >= 0.3 is 0 Å². The lowest BCUT2D eigenvalue weighted by Crippen LogP contribution is -1.97. The van der Waals surface area contributed by atoms with Gasteiger partial charge in [-0.15, -0.1) is 0 Å². The highest BCUT2D eigenvalue weighted by Crippen LogP contribution is 2.24. The molecule has 3 rings (SSSR count). The lowest BCUT2D eigenvalue weighted by atomic mass is 10.1. The second-order valence-electron chi connectivity index (χ2n) is 4.98. The van der Waals surface area contributed by atoms with E-state index in [2.05, 4.69) is 26.1 Å². The lowest BCUT2D eigenvalue weighted by Gasteiger charge is -2.06. The Morgan fingerprint density at radius 1 is 1.10 bits per heavy atom. The van der Waals surface area contributed by atoms with Crippen LogP contribution in [0.3, 0.4) is 0 Å². The number of pyridine rings is 1. The van der Waals surface area contributed by atoms with Gasteiger partial charge < -0.3 is 0 Å². The third-order valence-corrected chi connectivity index (χ3v) is 3.32. The number of rotatable bonds is 2. The van der Waals surface area contributed by atoms with Gasteiger partial charge in [0.05, 0.1) is 11.9 Å². The fourth-order valence-corrected chi connectivity index (χ4v) is 2.36. The summed E-state index contributed by atoms with van der Waals surface area (Å²) in [5.41, 5.74) is 4.50. The van der Waals surface area contributed by atoms with Crippen LogP contribution >= 0.6 is 11.6 Å². The Morgan fingerprint density at radius 2 is 1.90 bits per heavy atom. The van der Waals surface area contributed by atoms with Gasteiger partial charge in [0, 0.05) is 31.1 Å². The number of hydrogen-bond donors (Lipinski definition) is 0. The lowest BCUT2D eigenvalue weighted by molar-refractivity contribution is 0.768. The highest BCUT2D eigenvalue weighted by molar-refractivity contribution is 6.29. The molecule has 0 spiro atoms. The zero-order chi connectivity index (χ0) is 15.0. The van der Waals surface area contributed by atoms with Gasteiger partial charge in [-0.05, 0) is 25.0 Å². The van der Waals surface area contributed by atoms with E-state index in [0.717, 1.165) is 28.1 Å². The van der Waals surface area contributed by atoms with E-state index in [-0.39, 0.29) is 0 Å². The SMILES string of the molecule is Cc1cnc(-c2nc(Cl)cc(-c3cnn(C)c3)n2)c(C)c1. The average Bonchev–Trinajstić information content (AvgIpc) is 2.84. The van der Waals surface area contributed by atoms with Gasteiger partial charge in [-0.3, -0.25) is 9.67 Å². The van der Waals surface area contributed by atoms with Crippen molar-refractivity contribution >= 4 is 11.6 Å². The number of nitrogens with zero attached hydrogens (tertiary/aromatic N) is 5. The molecule has 3 aromatic rings. The highest BCUT2D eigenvalue weighted by Gasteiger charge is 2.12. The molecule has 0 aromatic carbocycles. The second kappa shape index (κ2) is 5.26. The molecule has 21 heavy (non-hydrogen) atoms. The third-order valence-electron chi connectivity index (χ3n) is 3.12. The Hall–Kier alpha value is -2.27. The number of halogens is 1. The van der Waals surface area contributed by atoms with Gasteiger partial charge in [-0.2, -0.15) is 5.10 Å². The van der Waals surface area contributed by atoms with Crippen LogP contribution in [-0.2, 0) is 7.05 Å². The predicted octanol–water partition coefficient (Wildman–Crippen LogP) is 3.21. The van der Waals surface area contributed by atoms with Gasteiger partial charge in [0.1, 0.15) is 10.8 Å². The maximum atomic E-state index is 6.13. The van der Waals surface area contributed by atoms with Crippen molar-refractivity contribution in [3.05, 3.63) is 47.0 Å². The van der Waals surface area contributed by atoms with Crippen molar-refractivity contribution < 1.29 is 0 Å². The third kappa shape index (κ3) is 2.78. The van der Waals surface area contributed by atoms with Crippen LogP contribution in [0, 0.1) is 13.8 Å². The van der Waals surface area contributed by atoms with E-state index in [0.29, 0.717) is 11.0 Å². The van der Waals surface area contributed by atoms with E-state index < -0.39 is 0 Å². The summed E-state index contributed by atoms with van der Waals surface area (Å²) >= 11 is 6.13. The minimum Gasteiger partial charge on any atom is -0.275 e. The smallest absolute Gasteiger partial charge is 0.180 e. The predicted molar refractivity (Wildman–Crippen MR) is 81.9 cm³/mol. The standard InChI is InChI=1S/C15H14ClN5/c1-9-4-10(2)14(17-6-9)15-19-12(5-13(16)20-15)11-7-18-21(3)8-11/h4-8H,1-3H3. The van der Waals surface area contributed by atoms with Crippen molar-refractivity contribution in [3.63, 3.8) is 0 Å². The molecule has 3 heterocycles. The minimum atomic E-state index is 0.389. The van der Waals surface area contributed by atoms with Crippen molar-refractivity contribution in [1.82, 2.24) is 24.7 Å². The van der Waals surface area contributed by atoms with Crippen LogP contribution < -0.4 is 0 Å². The minimum absolute atomic E-state index is 0.389. The molecule has 0 radical (unpaired) electrons. The van der Waals surface area contributed by atoms with Gasteiger partial charge in [-0.25, -0.2) is 9.97 Å². The Bertz CT molecular complexity index is 810. The van der Waals surface area contributed by atoms with E-state index in [4.69, 9.17) is 11.6 Å². The van der Waals surface area contributed by atoms with Crippen LogP contribution in [0.1, 0.15) is 11.1 Å². The summed E-state index contributed by atoms with van der Waals surface area (Å²) in [6, 6.07) is 3.78. The van der Waals surface area contributed by atoms with Crippen LogP contribution in [0.15, 0.2) is 30.7 Å². The highest BCUT2D eigenvalue weighted by atomic mass is 35.5. The Morgan fingerprint density at radius 3 is 2.57 bits per heavy atom. The first-order valence-corrected chi connectivity index (χ1v) is 6.88. The fraction of sp³-hybridized carbons (Fsp3) is 0.200. The van der Waals surface area contributed by atoms with Crippen LogP contribution in [-0.4, -0.2) is 24.7 Å². The number of hydrogen-bond acceptors (Lipinski definition) is 4. The summed E-state index contributed by atoms with van der Waals surface area (Å²) in [5, 5.41) is 4.54. The Labute approximate surface area is 127 Å². The Kier molecular flexibility index (Phi) is 3.43. The maximum Gasteiger partial charge on any atom is 0.180 e. The first kappa shape index (κ1) is 13.7. The summed E-state index contributed by atoms with van der Waals surface area (Å²) in [4.78, 5) is 13.3. The molecule has 6 heteroatoms. The molecular weight excluding hydrogens is 286 g/mol. The molecule has 0 saturated heterocycles. The molecular formula is C15H14ClN5. The van der Waals surface area contributed by atoms with Crippen molar-refractivity contribution in [3.8, 4) is 22.8 Å². The summed E-state index contributed by atoms with van der Waals surface area (Å²) < 4.78 is 1.72. The molecule has 0 bridgehead atoms. The molecule has 3 aromatic heterocycles. The van der Waals surface area contributed by atoms with Crippen molar-refractivity contribution in [2.45, 2.75) is 13.8 Å². The molecule has 0 aliphatic rings. The molecule has 0 unspecified atom stereocenters. The van der Waals surface area contributed by atoms with Crippen LogP contribution in [0.2, 0.25) is 5.15 Å². The molecule has 0 saturated carbocycles. The molecule has 5 nitrogen and oxygen atoms in total. The molecule has 0 N–H and O–H groups in total. The molecule has 0 atom stereocenters. The molecule has 106 valence electrons.